The molecule has 0 saturated carbocycles. The monoisotopic (exact) mass is 142 g/mol. The molecule has 3 heteroatoms. The molecule has 0 aromatic carbocycles. The maximum atomic E-state index is 5.36. The van der Waals surface area contributed by atoms with E-state index < -0.39 is 0 Å². The van der Waals surface area contributed by atoms with Crippen molar-refractivity contribution in [2.24, 2.45) is 5.41 Å². The van der Waals surface area contributed by atoms with Gasteiger partial charge in [0.15, 0.2) is 0 Å². The molecule has 2 heterocycles. The van der Waals surface area contributed by atoms with Crippen molar-refractivity contribution in [3.63, 3.8) is 0 Å². The molecule has 2 N–H and O–H groups in total. The molecule has 2 saturated heterocycles. The predicted molar refractivity (Wildman–Crippen MR) is 38.7 cm³/mol. The largest absolute Gasteiger partial charge is 0.366 e. The van der Waals surface area contributed by atoms with Gasteiger partial charge in [-0.1, -0.05) is 0 Å². The maximum Gasteiger partial charge on any atom is 0.0965 e. The van der Waals surface area contributed by atoms with Gasteiger partial charge < -0.3 is 10.1 Å². The third-order valence-corrected chi connectivity index (χ3v) is 2.44. The third-order valence-electron chi connectivity index (χ3n) is 2.44. The molecule has 2 fully saturated rings. The van der Waals surface area contributed by atoms with Gasteiger partial charge in [-0.2, -0.15) is 0 Å². The fraction of sp³-hybridized carbons (Fsp3) is 1.00. The quantitative estimate of drug-likeness (QED) is 0.480. The van der Waals surface area contributed by atoms with Gasteiger partial charge in [-0.3, -0.25) is 5.32 Å². The van der Waals surface area contributed by atoms with Crippen molar-refractivity contribution >= 4 is 0 Å². The van der Waals surface area contributed by atoms with Gasteiger partial charge in [-0.15, -0.1) is 0 Å². The zero-order valence-corrected chi connectivity index (χ0v) is 6.15. The van der Waals surface area contributed by atoms with Crippen LogP contribution in [0.2, 0.25) is 0 Å². The predicted octanol–water partition coefficient (Wildman–Crippen LogP) is -0.457. The number of hydrogen-bond acceptors (Lipinski definition) is 3. The summed E-state index contributed by atoms with van der Waals surface area (Å²) in [6.45, 7) is 5.08. The zero-order valence-electron chi connectivity index (χ0n) is 6.15. The molecule has 0 aliphatic carbocycles. The van der Waals surface area contributed by atoms with Crippen LogP contribution in [0.1, 0.15) is 6.42 Å². The molecule has 0 aromatic rings. The third kappa shape index (κ3) is 1.05. The van der Waals surface area contributed by atoms with E-state index >= 15 is 0 Å². The van der Waals surface area contributed by atoms with Gasteiger partial charge in [0.1, 0.15) is 0 Å². The molecule has 2 aliphatic rings. The Labute approximate surface area is 61.1 Å². The summed E-state index contributed by atoms with van der Waals surface area (Å²) >= 11 is 0. The van der Waals surface area contributed by atoms with E-state index in [1.807, 2.05) is 0 Å². The van der Waals surface area contributed by atoms with Gasteiger partial charge >= 0.3 is 0 Å². The van der Waals surface area contributed by atoms with E-state index in [4.69, 9.17) is 4.74 Å². The standard InChI is InChI=1S/C7H14N2O/c1-2-8-3-7(1)4-9-6-10-5-7/h8-9H,1-6H2. The van der Waals surface area contributed by atoms with Crippen LogP contribution in [0.15, 0.2) is 0 Å². The summed E-state index contributed by atoms with van der Waals surface area (Å²) in [5, 5.41) is 6.62. The molecule has 0 radical (unpaired) electrons. The topological polar surface area (TPSA) is 33.3 Å². The highest BCUT2D eigenvalue weighted by Gasteiger charge is 2.35. The van der Waals surface area contributed by atoms with Crippen LogP contribution in [0.25, 0.3) is 0 Å². The summed E-state index contributed by atoms with van der Waals surface area (Å²) < 4.78 is 5.36. The molecule has 1 atom stereocenters. The van der Waals surface area contributed by atoms with E-state index in [2.05, 4.69) is 10.6 Å². The first-order valence-corrected chi connectivity index (χ1v) is 3.91. The summed E-state index contributed by atoms with van der Waals surface area (Å²) in [5.41, 5.74) is 0.429. The fourth-order valence-corrected chi connectivity index (χ4v) is 1.78. The SMILES string of the molecule is C1CC2(CN1)CNCOC2. The first kappa shape index (κ1) is 6.58. The van der Waals surface area contributed by atoms with Crippen LogP contribution in [-0.4, -0.2) is 33.0 Å². The summed E-state index contributed by atoms with van der Waals surface area (Å²) in [6.07, 6.45) is 1.26. The lowest BCUT2D eigenvalue weighted by molar-refractivity contribution is -0.00124. The number of nitrogens with one attached hydrogen (secondary N) is 2. The van der Waals surface area contributed by atoms with E-state index in [0.717, 1.165) is 33.0 Å². The first-order valence-electron chi connectivity index (χ1n) is 3.91. The van der Waals surface area contributed by atoms with E-state index in [1.165, 1.54) is 6.42 Å². The maximum absolute atomic E-state index is 5.36. The summed E-state index contributed by atoms with van der Waals surface area (Å²) in [6, 6.07) is 0. The number of hydrogen-bond donors (Lipinski definition) is 2. The van der Waals surface area contributed by atoms with Crippen molar-refractivity contribution in [3.05, 3.63) is 0 Å². The lowest BCUT2D eigenvalue weighted by Crippen LogP contribution is -2.45. The zero-order chi connectivity index (χ0) is 6.86. The summed E-state index contributed by atoms with van der Waals surface area (Å²) in [5.74, 6) is 0. The van der Waals surface area contributed by atoms with E-state index in [0.29, 0.717) is 5.41 Å². The second kappa shape index (κ2) is 2.49. The fourth-order valence-electron chi connectivity index (χ4n) is 1.78. The van der Waals surface area contributed by atoms with Gasteiger partial charge in [0.2, 0.25) is 0 Å². The lowest BCUT2D eigenvalue weighted by Gasteiger charge is -2.32. The highest BCUT2D eigenvalue weighted by atomic mass is 16.5. The van der Waals surface area contributed by atoms with E-state index in [1.54, 1.807) is 0 Å². The minimum Gasteiger partial charge on any atom is -0.366 e. The van der Waals surface area contributed by atoms with Crippen molar-refractivity contribution in [2.45, 2.75) is 6.42 Å². The van der Waals surface area contributed by atoms with Crippen LogP contribution in [0, 0.1) is 5.41 Å². The minimum absolute atomic E-state index is 0.429. The number of rotatable bonds is 0. The van der Waals surface area contributed by atoms with Gasteiger partial charge in [-0.05, 0) is 13.0 Å². The molecular formula is C7H14N2O. The molecule has 0 bridgehead atoms. The second-order valence-electron chi connectivity index (χ2n) is 3.35. The van der Waals surface area contributed by atoms with Crippen LogP contribution < -0.4 is 10.6 Å². The molecule has 1 unspecified atom stereocenters. The molecule has 10 heavy (non-hydrogen) atoms. The molecular weight excluding hydrogens is 128 g/mol. The molecule has 2 aliphatic heterocycles. The Morgan fingerprint density at radius 2 is 2.10 bits per heavy atom. The highest BCUT2D eigenvalue weighted by Crippen LogP contribution is 2.26. The van der Waals surface area contributed by atoms with E-state index in [-0.39, 0.29) is 0 Å². The molecule has 3 nitrogen and oxygen atoms in total. The Kier molecular flexibility index (Phi) is 1.64. The van der Waals surface area contributed by atoms with E-state index in [9.17, 15) is 0 Å². The number of ether oxygens (including phenoxy) is 1. The smallest absolute Gasteiger partial charge is 0.0965 e. The van der Waals surface area contributed by atoms with Gasteiger partial charge in [0.05, 0.1) is 13.3 Å². The summed E-state index contributed by atoms with van der Waals surface area (Å²) in [4.78, 5) is 0. The van der Waals surface area contributed by atoms with Crippen LogP contribution in [-0.2, 0) is 4.74 Å². The van der Waals surface area contributed by atoms with Crippen molar-refractivity contribution in [1.82, 2.24) is 10.6 Å². The van der Waals surface area contributed by atoms with Gasteiger partial charge in [-0.25, -0.2) is 0 Å². The molecule has 0 aromatic heterocycles. The first-order chi connectivity index (χ1) is 4.91. The molecule has 1 spiro atoms. The van der Waals surface area contributed by atoms with Crippen molar-refractivity contribution in [3.8, 4) is 0 Å². The minimum atomic E-state index is 0.429. The van der Waals surface area contributed by atoms with Crippen LogP contribution in [0.5, 0.6) is 0 Å². The Bertz CT molecular complexity index is 113. The molecule has 0 amide bonds. The Morgan fingerprint density at radius 3 is 2.70 bits per heavy atom. The summed E-state index contributed by atoms with van der Waals surface area (Å²) in [7, 11) is 0. The average Bonchev–Trinajstić information content (AvgIpc) is 2.39. The van der Waals surface area contributed by atoms with Crippen LogP contribution >= 0.6 is 0 Å². The Hall–Kier alpha value is -0.120. The van der Waals surface area contributed by atoms with Gasteiger partial charge in [0.25, 0.3) is 0 Å². The van der Waals surface area contributed by atoms with Crippen LogP contribution in [0.3, 0.4) is 0 Å². The average molecular weight is 142 g/mol. The van der Waals surface area contributed by atoms with Crippen molar-refractivity contribution < 1.29 is 4.74 Å². The van der Waals surface area contributed by atoms with Crippen molar-refractivity contribution in [2.75, 3.05) is 33.0 Å². The van der Waals surface area contributed by atoms with Crippen molar-refractivity contribution in [1.29, 1.82) is 0 Å². The highest BCUT2D eigenvalue weighted by molar-refractivity contribution is 4.90. The van der Waals surface area contributed by atoms with Gasteiger partial charge in [0, 0.05) is 18.5 Å². The Morgan fingerprint density at radius 1 is 1.20 bits per heavy atom. The molecule has 58 valence electrons. The molecule has 2 rings (SSSR count). The van der Waals surface area contributed by atoms with Crippen LogP contribution in [0.4, 0.5) is 0 Å². The Balaban J connectivity index is 1.98. The lowest BCUT2D eigenvalue weighted by atomic mass is 9.87. The normalized spacial score (nSPS) is 40.8. The second-order valence-corrected chi connectivity index (χ2v) is 3.35.